The Bertz CT molecular complexity index is 308. The Hall–Kier alpha value is -1.14. The second-order valence-electron chi connectivity index (χ2n) is 5.18. The molecule has 0 aliphatic carbocycles. The Morgan fingerprint density at radius 3 is 2.53 bits per heavy atom. The predicted octanol–water partition coefficient (Wildman–Crippen LogP) is 0.108. The van der Waals surface area contributed by atoms with Crippen molar-refractivity contribution in [1.29, 1.82) is 0 Å². The molecule has 110 valence electrons. The van der Waals surface area contributed by atoms with Crippen LogP contribution < -0.4 is 10.6 Å². The Morgan fingerprint density at radius 2 is 2.00 bits per heavy atom. The topological polar surface area (TPSA) is 98.7 Å². The molecule has 1 heterocycles. The summed E-state index contributed by atoms with van der Waals surface area (Å²) in [5, 5.41) is 23.7. The van der Waals surface area contributed by atoms with Gasteiger partial charge in [0.25, 0.3) is 0 Å². The van der Waals surface area contributed by atoms with E-state index in [2.05, 4.69) is 17.6 Å². The summed E-state index contributed by atoms with van der Waals surface area (Å²) < 4.78 is 0. The molecule has 0 saturated carbocycles. The molecule has 0 aromatic heterocycles. The standard InChI is InChI=1S/C13H24N2O4/c1-2-4-13(5-8-14-9-6-13)12(19)15-7-3-10(16)11(17)18/h10,14,16H,2-9H2,1H3,(H,15,19)(H,17,18). The number of carbonyl (C=O) groups is 2. The molecule has 6 heteroatoms. The van der Waals surface area contributed by atoms with Gasteiger partial charge in [0.2, 0.25) is 5.91 Å². The number of carboxylic acid groups (broad SMARTS) is 1. The Morgan fingerprint density at radius 1 is 1.37 bits per heavy atom. The van der Waals surface area contributed by atoms with Gasteiger partial charge in [-0.2, -0.15) is 0 Å². The third kappa shape index (κ3) is 4.47. The third-order valence-electron chi connectivity index (χ3n) is 3.76. The molecule has 1 rings (SSSR count). The van der Waals surface area contributed by atoms with Crippen molar-refractivity contribution in [3.05, 3.63) is 0 Å². The van der Waals surface area contributed by atoms with Crippen molar-refractivity contribution in [2.75, 3.05) is 19.6 Å². The van der Waals surface area contributed by atoms with Crippen LogP contribution in [0.5, 0.6) is 0 Å². The van der Waals surface area contributed by atoms with Gasteiger partial charge in [0.05, 0.1) is 5.41 Å². The Labute approximate surface area is 113 Å². The molecule has 1 aliphatic heterocycles. The lowest BCUT2D eigenvalue weighted by atomic mass is 9.74. The first-order chi connectivity index (χ1) is 9.02. The van der Waals surface area contributed by atoms with E-state index in [1.165, 1.54) is 0 Å². The number of aliphatic hydroxyl groups is 1. The lowest BCUT2D eigenvalue weighted by molar-refractivity contribution is -0.147. The lowest BCUT2D eigenvalue weighted by Gasteiger charge is -2.36. The van der Waals surface area contributed by atoms with E-state index in [1.54, 1.807) is 0 Å². The van der Waals surface area contributed by atoms with Gasteiger partial charge in [0.15, 0.2) is 6.10 Å². The van der Waals surface area contributed by atoms with Gasteiger partial charge in [-0.05, 0) is 32.4 Å². The van der Waals surface area contributed by atoms with Crippen LogP contribution in [0.4, 0.5) is 0 Å². The van der Waals surface area contributed by atoms with E-state index < -0.39 is 12.1 Å². The first kappa shape index (κ1) is 15.9. The second-order valence-corrected chi connectivity index (χ2v) is 5.18. The van der Waals surface area contributed by atoms with E-state index in [-0.39, 0.29) is 24.3 Å². The average Bonchev–Trinajstić information content (AvgIpc) is 2.39. The molecule has 1 saturated heterocycles. The zero-order valence-corrected chi connectivity index (χ0v) is 11.4. The highest BCUT2D eigenvalue weighted by atomic mass is 16.4. The van der Waals surface area contributed by atoms with Gasteiger partial charge in [-0.15, -0.1) is 0 Å². The molecule has 0 aromatic carbocycles. The summed E-state index contributed by atoms with van der Waals surface area (Å²) >= 11 is 0. The summed E-state index contributed by atoms with van der Waals surface area (Å²) in [7, 11) is 0. The maximum atomic E-state index is 12.3. The van der Waals surface area contributed by atoms with Crippen LogP contribution in [0.3, 0.4) is 0 Å². The number of hydrogen-bond acceptors (Lipinski definition) is 4. The van der Waals surface area contributed by atoms with Crippen molar-refractivity contribution < 1.29 is 19.8 Å². The minimum absolute atomic E-state index is 0.00608. The molecule has 0 spiro atoms. The molecule has 1 fully saturated rings. The molecule has 0 aromatic rings. The van der Waals surface area contributed by atoms with Crippen LogP contribution in [0.1, 0.15) is 39.0 Å². The zero-order chi connectivity index (χ0) is 14.3. The average molecular weight is 272 g/mol. The van der Waals surface area contributed by atoms with Gasteiger partial charge in [0, 0.05) is 13.0 Å². The summed E-state index contributed by atoms with van der Waals surface area (Å²) in [4.78, 5) is 22.8. The maximum Gasteiger partial charge on any atom is 0.332 e. The predicted molar refractivity (Wildman–Crippen MR) is 70.7 cm³/mol. The first-order valence-corrected chi connectivity index (χ1v) is 6.92. The Kier molecular flexibility index (Phi) is 6.24. The van der Waals surface area contributed by atoms with Gasteiger partial charge >= 0.3 is 5.97 Å². The van der Waals surface area contributed by atoms with Gasteiger partial charge < -0.3 is 20.8 Å². The zero-order valence-electron chi connectivity index (χ0n) is 11.4. The summed E-state index contributed by atoms with van der Waals surface area (Å²) in [6.07, 6.45) is 2.06. The summed E-state index contributed by atoms with van der Waals surface area (Å²) in [6.45, 7) is 3.94. The monoisotopic (exact) mass is 272 g/mol. The van der Waals surface area contributed by atoms with Crippen LogP contribution in [0, 0.1) is 5.41 Å². The number of carboxylic acids is 1. The molecule has 1 amide bonds. The molecule has 1 atom stereocenters. The van der Waals surface area contributed by atoms with Crippen molar-refractivity contribution >= 4 is 11.9 Å². The second kappa shape index (κ2) is 7.45. The minimum Gasteiger partial charge on any atom is -0.479 e. The van der Waals surface area contributed by atoms with Crippen LogP contribution in [-0.4, -0.2) is 47.8 Å². The largest absolute Gasteiger partial charge is 0.479 e. The molecule has 6 nitrogen and oxygen atoms in total. The number of aliphatic carboxylic acids is 1. The first-order valence-electron chi connectivity index (χ1n) is 6.92. The fourth-order valence-corrected chi connectivity index (χ4v) is 2.61. The van der Waals surface area contributed by atoms with Crippen LogP contribution in [0.15, 0.2) is 0 Å². The molecule has 4 N–H and O–H groups in total. The quantitative estimate of drug-likeness (QED) is 0.527. The fraction of sp³-hybridized carbons (Fsp3) is 0.846. The van der Waals surface area contributed by atoms with E-state index in [0.29, 0.717) is 0 Å². The van der Waals surface area contributed by atoms with Crippen LogP contribution in [0.25, 0.3) is 0 Å². The molecule has 0 radical (unpaired) electrons. The normalized spacial score (nSPS) is 19.7. The molecule has 1 aliphatic rings. The van der Waals surface area contributed by atoms with Crippen LogP contribution in [0.2, 0.25) is 0 Å². The van der Waals surface area contributed by atoms with Crippen LogP contribution in [-0.2, 0) is 9.59 Å². The SMILES string of the molecule is CCCC1(C(=O)NCCC(O)C(=O)O)CCNCC1. The number of rotatable bonds is 7. The van der Waals surface area contributed by atoms with E-state index in [9.17, 15) is 9.59 Å². The van der Waals surface area contributed by atoms with Gasteiger partial charge in [0.1, 0.15) is 0 Å². The van der Waals surface area contributed by atoms with E-state index in [4.69, 9.17) is 10.2 Å². The van der Waals surface area contributed by atoms with Gasteiger partial charge in [-0.3, -0.25) is 4.79 Å². The number of nitrogens with one attached hydrogen (secondary N) is 2. The minimum atomic E-state index is -1.41. The van der Waals surface area contributed by atoms with Crippen LogP contribution >= 0.6 is 0 Å². The molecule has 1 unspecified atom stereocenters. The smallest absolute Gasteiger partial charge is 0.332 e. The molecule has 0 bridgehead atoms. The Balaban J connectivity index is 2.46. The number of amides is 1. The highest BCUT2D eigenvalue weighted by Crippen LogP contribution is 2.34. The van der Waals surface area contributed by atoms with Crippen molar-refractivity contribution in [3.63, 3.8) is 0 Å². The van der Waals surface area contributed by atoms with Crippen molar-refractivity contribution in [2.24, 2.45) is 5.41 Å². The summed E-state index contributed by atoms with van der Waals surface area (Å²) in [6, 6.07) is 0. The van der Waals surface area contributed by atoms with Crippen molar-refractivity contribution in [3.8, 4) is 0 Å². The van der Waals surface area contributed by atoms with Crippen molar-refractivity contribution in [1.82, 2.24) is 10.6 Å². The fourth-order valence-electron chi connectivity index (χ4n) is 2.61. The van der Waals surface area contributed by atoms with E-state index in [1.807, 2.05) is 0 Å². The number of piperidine rings is 1. The highest BCUT2D eigenvalue weighted by Gasteiger charge is 2.38. The van der Waals surface area contributed by atoms with E-state index >= 15 is 0 Å². The lowest BCUT2D eigenvalue weighted by Crippen LogP contribution is -2.48. The number of carbonyl (C=O) groups excluding carboxylic acids is 1. The highest BCUT2D eigenvalue weighted by molar-refractivity contribution is 5.82. The van der Waals surface area contributed by atoms with Gasteiger partial charge in [-0.1, -0.05) is 13.3 Å². The third-order valence-corrected chi connectivity index (χ3v) is 3.76. The summed E-state index contributed by atoms with van der Waals surface area (Å²) in [5.74, 6) is -1.26. The van der Waals surface area contributed by atoms with Gasteiger partial charge in [-0.25, -0.2) is 4.79 Å². The number of hydrogen-bond donors (Lipinski definition) is 4. The molecular weight excluding hydrogens is 248 g/mol. The summed E-state index contributed by atoms with van der Waals surface area (Å²) in [5.41, 5.74) is -0.325. The number of aliphatic hydroxyl groups excluding tert-OH is 1. The van der Waals surface area contributed by atoms with E-state index in [0.717, 1.165) is 38.8 Å². The van der Waals surface area contributed by atoms with Crippen molar-refractivity contribution in [2.45, 2.75) is 45.1 Å². The molecule has 19 heavy (non-hydrogen) atoms. The maximum absolute atomic E-state index is 12.3. The molecular formula is C13H24N2O4.